The van der Waals surface area contributed by atoms with E-state index in [1.54, 1.807) is 25.7 Å². The number of rotatable bonds is 4. The Balaban J connectivity index is 1.18. The van der Waals surface area contributed by atoms with Gasteiger partial charge in [0.15, 0.2) is 0 Å². The predicted molar refractivity (Wildman–Crippen MR) is 133 cm³/mol. The Morgan fingerprint density at radius 1 is 0.861 bits per heavy atom. The van der Waals surface area contributed by atoms with Gasteiger partial charge < -0.3 is 24.4 Å². The van der Waals surface area contributed by atoms with Gasteiger partial charge in [0.05, 0.1) is 5.92 Å². The Morgan fingerprint density at radius 3 is 1.97 bits per heavy atom. The SMILES string of the molecule is CC(C)(C)OC(=O)N1CC(C(=O)O)C(C2CN(C(=O)OCC3c4ccccc4-c4ccccc43)C2)C1. The maximum absolute atomic E-state index is 12.8. The van der Waals surface area contributed by atoms with Crippen LogP contribution < -0.4 is 0 Å². The molecule has 1 aliphatic carbocycles. The summed E-state index contributed by atoms with van der Waals surface area (Å²) < 4.78 is 11.2. The van der Waals surface area contributed by atoms with Crippen LogP contribution in [0.25, 0.3) is 11.1 Å². The van der Waals surface area contributed by atoms with E-state index in [2.05, 4.69) is 24.3 Å². The van der Waals surface area contributed by atoms with E-state index in [4.69, 9.17) is 9.47 Å². The number of aliphatic carboxylic acids is 1. The van der Waals surface area contributed by atoms with Crippen molar-refractivity contribution >= 4 is 18.2 Å². The van der Waals surface area contributed by atoms with Gasteiger partial charge in [0.25, 0.3) is 0 Å². The molecule has 2 amide bonds. The Morgan fingerprint density at radius 2 is 1.42 bits per heavy atom. The van der Waals surface area contributed by atoms with Gasteiger partial charge in [-0.3, -0.25) is 4.79 Å². The molecule has 36 heavy (non-hydrogen) atoms. The van der Waals surface area contributed by atoms with Crippen molar-refractivity contribution in [1.82, 2.24) is 9.80 Å². The van der Waals surface area contributed by atoms with Crippen LogP contribution in [0.4, 0.5) is 9.59 Å². The first-order valence-corrected chi connectivity index (χ1v) is 12.4. The van der Waals surface area contributed by atoms with Gasteiger partial charge in [0, 0.05) is 32.1 Å². The lowest BCUT2D eigenvalue weighted by Gasteiger charge is -2.42. The molecule has 2 atom stereocenters. The van der Waals surface area contributed by atoms with Crippen LogP contribution in [0.5, 0.6) is 0 Å². The number of likely N-dealkylation sites (tertiary alicyclic amines) is 2. The van der Waals surface area contributed by atoms with E-state index in [1.165, 1.54) is 16.0 Å². The number of carboxylic acids is 1. The highest BCUT2D eigenvalue weighted by Gasteiger charge is 2.49. The number of fused-ring (bicyclic) bond motifs is 3. The molecule has 0 aromatic heterocycles. The standard InChI is InChI=1S/C28H32N2O6/c1-28(2,3)36-27(34)30-14-22(23(15-30)25(31)32)17-12-29(13-17)26(33)35-16-24-20-10-6-4-8-18(20)19-9-5-7-11-21(19)24/h4-11,17,22-24H,12-16H2,1-3H3,(H,31,32). The van der Waals surface area contributed by atoms with Crippen molar-refractivity contribution < 1.29 is 29.0 Å². The maximum Gasteiger partial charge on any atom is 0.410 e. The minimum Gasteiger partial charge on any atom is -0.481 e. The Labute approximate surface area is 210 Å². The molecule has 2 aliphatic heterocycles. The molecular formula is C28H32N2O6. The van der Waals surface area contributed by atoms with Gasteiger partial charge in [-0.2, -0.15) is 0 Å². The summed E-state index contributed by atoms with van der Waals surface area (Å²) in [5, 5.41) is 9.74. The Bertz CT molecular complexity index is 1140. The van der Waals surface area contributed by atoms with Crippen LogP contribution in [0.3, 0.4) is 0 Å². The summed E-state index contributed by atoms with van der Waals surface area (Å²) in [6.45, 7) is 6.88. The summed E-state index contributed by atoms with van der Waals surface area (Å²) in [4.78, 5) is 40.3. The third kappa shape index (κ3) is 4.52. The number of carbonyl (C=O) groups is 3. The normalized spacial score (nSPS) is 21.5. The molecule has 190 valence electrons. The number of hydrogen-bond donors (Lipinski definition) is 1. The van der Waals surface area contributed by atoms with Crippen LogP contribution in [-0.4, -0.2) is 71.4 Å². The Hall–Kier alpha value is -3.55. The van der Waals surface area contributed by atoms with Crippen LogP contribution in [0.2, 0.25) is 0 Å². The van der Waals surface area contributed by atoms with E-state index in [-0.39, 0.29) is 37.0 Å². The van der Waals surface area contributed by atoms with E-state index in [0.29, 0.717) is 19.6 Å². The highest BCUT2D eigenvalue weighted by Crippen LogP contribution is 2.44. The van der Waals surface area contributed by atoms with Crippen molar-refractivity contribution in [2.75, 3.05) is 32.8 Å². The summed E-state index contributed by atoms with van der Waals surface area (Å²) in [7, 11) is 0. The highest BCUT2D eigenvalue weighted by molar-refractivity contribution is 5.79. The largest absolute Gasteiger partial charge is 0.481 e. The van der Waals surface area contributed by atoms with Crippen LogP contribution >= 0.6 is 0 Å². The molecule has 2 aromatic rings. The molecule has 8 nitrogen and oxygen atoms in total. The third-order valence-electron chi connectivity index (χ3n) is 7.44. The zero-order valence-electron chi connectivity index (χ0n) is 20.8. The van der Waals surface area contributed by atoms with Gasteiger partial charge in [-0.15, -0.1) is 0 Å². The van der Waals surface area contributed by atoms with Gasteiger partial charge in [0.1, 0.15) is 12.2 Å². The quantitative estimate of drug-likeness (QED) is 0.678. The first kappa shape index (κ1) is 24.2. The zero-order valence-corrected chi connectivity index (χ0v) is 20.8. The second kappa shape index (κ2) is 9.15. The number of carbonyl (C=O) groups excluding carboxylic acids is 2. The molecule has 2 saturated heterocycles. The minimum atomic E-state index is -0.925. The van der Waals surface area contributed by atoms with Crippen molar-refractivity contribution in [3.63, 3.8) is 0 Å². The van der Waals surface area contributed by atoms with Crippen LogP contribution in [-0.2, 0) is 14.3 Å². The maximum atomic E-state index is 12.8. The monoisotopic (exact) mass is 492 g/mol. The number of ether oxygens (including phenoxy) is 2. The third-order valence-corrected chi connectivity index (χ3v) is 7.44. The van der Waals surface area contributed by atoms with Crippen LogP contribution in [0.1, 0.15) is 37.8 Å². The molecule has 1 N–H and O–H groups in total. The average Bonchev–Trinajstić information content (AvgIpc) is 3.36. The van der Waals surface area contributed by atoms with Crippen molar-refractivity contribution in [1.29, 1.82) is 0 Å². The molecular weight excluding hydrogens is 460 g/mol. The van der Waals surface area contributed by atoms with E-state index in [0.717, 1.165) is 11.1 Å². The summed E-state index contributed by atoms with van der Waals surface area (Å²) in [6.07, 6.45) is -0.883. The fourth-order valence-corrected chi connectivity index (χ4v) is 5.66. The summed E-state index contributed by atoms with van der Waals surface area (Å²) >= 11 is 0. The fourth-order valence-electron chi connectivity index (χ4n) is 5.66. The first-order chi connectivity index (χ1) is 17.1. The lowest BCUT2D eigenvalue weighted by Crippen LogP contribution is -2.54. The summed E-state index contributed by atoms with van der Waals surface area (Å²) in [5.41, 5.74) is 4.02. The molecule has 2 fully saturated rings. The van der Waals surface area contributed by atoms with Crippen molar-refractivity contribution in [3.8, 4) is 11.1 Å². The number of carboxylic acid groups (broad SMARTS) is 1. The number of hydrogen-bond acceptors (Lipinski definition) is 5. The van der Waals surface area contributed by atoms with Crippen LogP contribution in [0, 0.1) is 17.8 Å². The van der Waals surface area contributed by atoms with E-state index in [9.17, 15) is 19.5 Å². The van der Waals surface area contributed by atoms with E-state index in [1.807, 2.05) is 24.3 Å². The lowest BCUT2D eigenvalue weighted by molar-refractivity contribution is -0.143. The predicted octanol–water partition coefficient (Wildman–Crippen LogP) is 4.44. The molecule has 2 aromatic carbocycles. The Kier molecular flexibility index (Phi) is 6.14. The molecule has 8 heteroatoms. The fraction of sp³-hybridized carbons (Fsp3) is 0.464. The van der Waals surface area contributed by atoms with E-state index >= 15 is 0 Å². The summed E-state index contributed by atoms with van der Waals surface area (Å²) in [5.74, 6) is -1.84. The average molecular weight is 493 g/mol. The van der Waals surface area contributed by atoms with Gasteiger partial charge in [-0.25, -0.2) is 9.59 Å². The zero-order chi connectivity index (χ0) is 25.6. The van der Waals surface area contributed by atoms with E-state index < -0.39 is 23.6 Å². The highest BCUT2D eigenvalue weighted by atomic mass is 16.6. The van der Waals surface area contributed by atoms with Crippen molar-refractivity contribution in [3.05, 3.63) is 59.7 Å². The summed E-state index contributed by atoms with van der Waals surface area (Å²) in [6, 6.07) is 16.4. The second-order valence-electron chi connectivity index (χ2n) is 11.0. The smallest absolute Gasteiger partial charge is 0.410 e. The molecule has 0 bridgehead atoms. The topological polar surface area (TPSA) is 96.4 Å². The lowest BCUT2D eigenvalue weighted by atomic mass is 9.79. The molecule has 2 unspecified atom stereocenters. The molecule has 0 radical (unpaired) electrons. The number of nitrogens with zero attached hydrogens (tertiary/aromatic N) is 2. The minimum absolute atomic E-state index is 0.000908. The second-order valence-corrected chi connectivity index (χ2v) is 11.0. The van der Waals surface area contributed by atoms with Crippen molar-refractivity contribution in [2.45, 2.75) is 32.3 Å². The van der Waals surface area contributed by atoms with Gasteiger partial charge in [-0.05, 0) is 54.9 Å². The molecule has 0 saturated carbocycles. The molecule has 0 spiro atoms. The molecule has 5 rings (SSSR count). The molecule has 3 aliphatic rings. The van der Waals surface area contributed by atoms with Crippen molar-refractivity contribution in [2.24, 2.45) is 17.8 Å². The number of benzene rings is 2. The van der Waals surface area contributed by atoms with Gasteiger partial charge in [0.2, 0.25) is 0 Å². The van der Waals surface area contributed by atoms with Gasteiger partial charge in [-0.1, -0.05) is 48.5 Å². The van der Waals surface area contributed by atoms with Gasteiger partial charge >= 0.3 is 18.2 Å². The molecule has 2 heterocycles. The number of amides is 2. The van der Waals surface area contributed by atoms with Crippen LogP contribution in [0.15, 0.2) is 48.5 Å². The first-order valence-electron chi connectivity index (χ1n) is 12.4.